The molecule has 1 aliphatic rings. The Labute approximate surface area is 128 Å². The minimum absolute atomic E-state index is 0.128. The van der Waals surface area contributed by atoms with Gasteiger partial charge in [-0.15, -0.1) is 11.3 Å². The molecule has 1 fully saturated rings. The van der Waals surface area contributed by atoms with E-state index >= 15 is 0 Å². The van der Waals surface area contributed by atoms with Crippen LogP contribution in [0, 0.1) is 0 Å². The van der Waals surface area contributed by atoms with Crippen LogP contribution < -0.4 is 4.74 Å². The monoisotopic (exact) mass is 311 g/mol. The first-order chi connectivity index (χ1) is 9.81. The minimum atomic E-state index is -0.541. The molecule has 6 heteroatoms. The van der Waals surface area contributed by atoms with Crippen LogP contribution >= 0.6 is 11.3 Å². The molecule has 1 aromatic heterocycles. The van der Waals surface area contributed by atoms with Crippen LogP contribution in [0.5, 0.6) is 5.75 Å². The lowest BCUT2D eigenvalue weighted by molar-refractivity contribution is -0.159. The number of carbonyl (C=O) groups excluding carboxylic acids is 2. The normalized spacial score (nSPS) is 18.7. The van der Waals surface area contributed by atoms with Crippen molar-refractivity contribution < 1.29 is 19.1 Å². The van der Waals surface area contributed by atoms with Crippen LogP contribution in [0.1, 0.15) is 43.3 Å². The van der Waals surface area contributed by atoms with E-state index in [1.165, 1.54) is 11.3 Å². The van der Waals surface area contributed by atoms with Gasteiger partial charge in [-0.1, -0.05) is 0 Å². The van der Waals surface area contributed by atoms with E-state index in [0.29, 0.717) is 23.6 Å². The van der Waals surface area contributed by atoms with Crippen LogP contribution in [0.4, 0.5) is 0 Å². The zero-order valence-electron chi connectivity index (χ0n) is 12.8. The second-order valence-corrected chi connectivity index (χ2v) is 6.95. The van der Waals surface area contributed by atoms with Crippen molar-refractivity contribution in [1.29, 1.82) is 0 Å². The molecular weight excluding hydrogens is 290 g/mol. The van der Waals surface area contributed by atoms with Gasteiger partial charge in [0.15, 0.2) is 0 Å². The number of ether oxygens (including phenoxy) is 2. The van der Waals surface area contributed by atoms with Gasteiger partial charge in [0.2, 0.25) is 0 Å². The van der Waals surface area contributed by atoms with Gasteiger partial charge in [0.05, 0.1) is 12.0 Å². The Morgan fingerprint density at radius 1 is 1.38 bits per heavy atom. The molecule has 1 amide bonds. The molecule has 5 nitrogen and oxygen atoms in total. The molecule has 1 aromatic rings. The molecule has 0 saturated carbocycles. The van der Waals surface area contributed by atoms with Crippen molar-refractivity contribution in [1.82, 2.24) is 4.90 Å². The standard InChI is InChI=1S/C15H21NO4S/c1-15(2,3)20-14(18)11-6-5-7-16(11)13(17)12-8-10(19-4)9-21-12/h8-9,11H,5-7H2,1-4H3/t11-/m1/s1. The number of methoxy groups -OCH3 is 1. The third kappa shape index (κ3) is 3.75. The molecule has 116 valence electrons. The lowest BCUT2D eigenvalue weighted by Gasteiger charge is -2.27. The molecule has 1 saturated heterocycles. The van der Waals surface area contributed by atoms with Gasteiger partial charge in [-0.05, 0) is 33.6 Å². The number of nitrogens with zero attached hydrogens (tertiary/aromatic N) is 1. The second kappa shape index (κ2) is 6.05. The van der Waals surface area contributed by atoms with Crippen molar-refractivity contribution in [3.8, 4) is 5.75 Å². The highest BCUT2D eigenvalue weighted by molar-refractivity contribution is 7.12. The number of rotatable bonds is 3. The first-order valence-corrected chi connectivity index (χ1v) is 7.86. The summed E-state index contributed by atoms with van der Waals surface area (Å²) in [5.41, 5.74) is -0.541. The van der Waals surface area contributed by atoms with Gasteiger partial charge in [-0.2, -0.15) is 0 Å². The van der Waals surface area contributed by atoms with Crippen LogP contribution in [0.15, 0.2) is 11.4 Å². The first kappa shape index (κ1) is 15.8. The van der Waals surface area contributed by atoms with Crippen LogP contribution in [-0.4, -0.2) is 42.1 Å². The topological polar surface area (TPSA) is 55.8 Å². The van der Waals surface area contributed by atoms with Gasteiger partial charge in [-0.25, -0.2) is 4.79 Å². The smallest absolute Gasteiger partial charge is 0.329 e. The predicted molar refractivity (Wildman–Crippen MR) is 80.8 cm³/mol. The summed E-state index contributed by atoms with van der Waals surface area (Å²) in [5.74, 6) is 0.213. The maximum Gasteiger partial charge on any atom is 0.329 e. The van der Waals surface area contributed by atoms with Crippen LogP contribution in [0.3, 0.4) is 0 Å². The van der Waals surface area contributed by atoms with Crippen molar-refractivity contribution in [3.63, 3.8) is 0 Å². The highest BCUT2D eigenvalue weighted by atomic mass is 32.1. The third-order valence-electron chi connectivity index (χ3n) is 3.21. The molecule has 21 heavy (non-hydrogen) atoms. The summed E-state index contributed by atoms with van der Waals surface area (Å²) in [4.78, 5) is 27.0. The number of hydrogen-bond donors (Lipinski definition) is 0. The Morgan fingerprint density at radius 3 is 2.67 bits per heavy atom. The number of likely N-dealkylation sites (tertiary alicyclic amines) is 1. The first-order valence-electron chi connectivity index (χ1n) is 6.98. The van der Waals surface area contributed by atoms with Crippen molar-refractivity contribution in [2.45, 2.75) is 45.3 Å². The molecular formula is C15H21NO4S. The van der Waals surface area contributed by atoms with Crippen LogP contribution in [-0.2, 0) is 9.53 Å². The number of amides is 1. The molecule has 2 heterocycles. The molecule has 1 atom stereocenters. The fourth-order valence-electron chi connectivity index (χ4n) is 2.30. The summed E-state index contributed by atoms with van der Waals surface area (Å²) in [6.45, 7) is 6.07. The van der Waals surface area contributed by atoms with E-state index in [1.807, 2.05) is 20.8 Å². The maximum absolute atomic E-state index is 12.5. The Morgan fingerprint density at radius 2 is 2.10 bits per heavy atom. The molecule has 0 spiro atoms. The fourth-order valence-corrected chi connectivity index (χ4v) is 3.11. The quantitative estimate of drug-likeness (QED) is 0.805. The van der Waals surface area contributed by atoms with E-state index in [2.05, 4.69) is 0 Å². The third-order valence-corrected chi connectivity index (χ3v) is 4.11. The summed E-state index contributed by atoms with van der Waals surface area (Å²) in [6, 6.07) is 1.22. The number of hydrogen-bond acceptors (Lipinski definition) is 5. The van der Waals surface area contributed by atoms with Crippen molar-refractivity contribution in [2.75, 3.05) is 13.7 Å². The van der Waals surface area contributed by atoms with E-state index in [9.17, 15) is 9.59 Å². The molecule has 2 rings (SSSR count). The summed E-state index contributed by atoms with van der Waals surface area (Å²) >= 11 is 1.33. The van der Waals surface area contributed by atoms with Crippen LogP contribution in [0.25, 0.3) is 0 Å². The summed E-state index contributed by atoms with van der Waals surface area (Å²) in [6.07, 6.45) is 1.47. The van der Waals surface area contributed by atoms with Gasteiger partial charge in [0, 0.05) is 18.0 Å². The molecule has 0 aliphatic carbocycles. The summed E-state index contributed by atoms with van der Waals surface area (Å²) in [7, 11) is 1.57. The van der Waals surface area contributed by atoms with Gasteiger partial charge in [-0.3, -0.25) is 4.79 Å². The summed E-state index contributed by atoms with van der Waals surface area (Å²) < 4.78 is 10.5. The molecule has 0 aromatic carbocycles. The van der Waals surface area contributed by atoms with Crippen molar-refractivity contribution in [3.05, 3.63) is 16.3 Å². The van der Waals surface area contributed by atoms with E-state index in [0.717, 1.165) is 6.42 Å². The predicted octanol–water partition coefficient (Wildman–Crippen LogP) is 2.70. The SMILES string of the molecule is COc1csc(C(=O)N2CCC[C@@H]2C(=O)OC(C)(C)C)c1. The Balaban J connectivity index is 2.11. The highest BCUT2D eigenvalue weighted by Gasteiger charge is 2.37. The van der Waals surface area contributed by atoms with Crippen molar-refractivity contribution >= 4 is 23.2 Å². The van der Waals surface area contributed by atoms with Crippen molar-refractivity contribution in [2.24, 2.45) is 0 Å². The lowest BCUT2D eigenvalue weighted by Crippen LogP contribution is -2.43. The number of thiophene rings is 1. The highest BCUT2D eigenvalue weighted by Crippen LogP contribution is 2.27. The van der Waals surface area contributed by atoms with Gasteiger partial charge < -0.3 is 14.4 Å². The van der Waals surface area contributed by atoms with E-state index < -0.39 is 11.6 Å². The fraction of sp³-hybridized carbons (Fsp3) is 0.600. The Bertz CT molecular complexity index is 532. The number of esters is 1. The molecule has 0 bridgehead atoms. The lowest BCUT2D eigenvalue weighted by atomic mass is 10.1. The molecule has 0 unspecified atom stereocenters. The Hall–Kier alpha value is -1.56. The van der Waals surface area contributed by atoms with Gasteiger partial charge in [0.1, 0.15) is 17.4 Å². The van der Waals surface area contributed by atoms with Crippen LogP contribution in [0.2, 0.25) is 0 Å². The average molecular weight is 311 g/mol. The van der Waals surface area contributed by atoms with Gasteiger partial charge in [0.25, 0.3) is 5.91 Å². The van der Waals surface area contributed by atoms with Gasteiger partial charge >= 0.3 is 5.97 Å². The van der Waals surface area contributed by atoms with E-state index in [1.54, 1.807) is 23.5 Å². The average Bonchev–Trinajstić information content (AvgIpc) is 3.05. The van der Waals surface area contributed by atoms with E-state index in [-0.39, 0.29) is 11.9 Å². The maximum atomic E-state index is 12.5. The molecule has 0 N–H and O–H groups in total. The number of carbonyl (C=O) groups is 2. The second-order valence-electron chi connectivity index (χ2n) is 6.04. The minimum Gasteiger partial charge on any atom is -0.496 e. The summed E-state index contributed by atoms with van der Waals surface area (Å²) in [5, 5.41) is 1.78. The Kier molecular flexibility index (Phi) is 4.56. The largest absolute Gasteiger partial charge is 0.496 e. The van der Waals surface area contributed by atoms with E-state index in [4.69, 9.17) is 9.47 Å². The molecule has 1 aliphatic heterocycles. The molecule has 0 radical (unpaired) electrons. The zero-order valence-corrected chi connectivity index (χ0v) is 13.7. The zero-order chi connectivity index (χ0) is 15.6.